The molecule has 0 fully saturated rings. The zero-order valence-electron chi connectivity index (χ0n) is 16.6. The van der Waals surface area contributed by atoms with Crippen molar-refractivity contribution in [3.63, 3.8) is 0 Å². The SMILES string of the molecule is O=C(Cn1cc(S(=O)(=O)Cc2ccc(Cl)cc2)c2ccccc21)Nc1cccc(Cl)c1Cl. The number of rotatable bonds is 6. The number of anilines is 1. The van der Waals surface area contributed by atoms with Gasteiger partial charge in [-0.2, -0.15) is 0 Å². The molecular formula is C23H17Cl3N2O3S. The number of aromatic nitrogens is 1. The van der Waals surface area contributed by atoms with Crippen LogP contribution in [0.4, 0.5) is 5.69 Å². The Kier molecular flexibility index (Phi) is 6.49. The molecule has 164 valence electrons. The first-order chi connectivity index (χ1) is 15.2. The summed E-state index contributed by atoms with van der Waals surface area (Å²) in [4.78, 5) is 12.8. The highest BCUT2D eigenvalue weighted by molar-refractivity contribution is 7.90. The second-order valence-corrected chi connectivity index (χ2v) is 10.4. The van der Waals surface area contributed by atoms with Crippen molar-refractivity contribution in [2.24, 2.45) is 0 Å². The second-order valence-electron chi connectivity index (χ2n) is 7.17. The van der Waals surface area contributed by atoms with Crippen molar-refractivity contribution in [3.8, 4) is 0 Å². The normalized spacial score (nSPS) is 11.6. The van der Waals surface area contributed by atoms with Gasteiger partial charge in [-0.15, -0.1) is 0 Å². The smallest absolute Gasteiger partial charge is 0.244 e. The van der Waals surface area contributed by atoms with Gasteiger partial charge in [-0.05, 0) is 35.9 Å². The van der Waals surface area contributed by atoms with Gasteiger partial charge in [0.05, 0.1) is 26.4 Å². The molecule has 9 heteroatoms. The van der Waals surface area contributed by atoms with Gasteiger partial charge >= 0.3 is 0 Å². The Morgan fingerprint density at radius 3 is 2.38 bits per heavy atom. The summed E-state index contributed by atoms with van der Waals surface area (Å²) in [6.07, 6.45) is 1.50. The second kappa shape index (κ2) is 9.16. The van der Waals surface area contributed by atoms with E-state index < -0.39 is 9.84 Å². The van der Waals surface area contributed by atoms with Crippen LogP contribution in [0.25, 0.3) is 10.9 Å². The number of carbonyl (C=O) groups excluding carboxylic acids is 1. The monoisotopic (exact) mass is 506 g/mol. The Bertz CT molecular complexity index is 1410. The van der Waals surface area contributed by atoms with E-state index in [1.807, 2.05) is 0 Å². The third-order valence-corrected chi connectivity index (χ3v) is 7.68. The van der Waals surface area contributed by atoms with E-state index in [4.69, 9.17) is 34.8 Å². The molecule has 0 aliphatic rings. The Labute approximate surface area is 200 Å². The summed E-state index contributed by atoms with van der Waals surface area (Å²) in [5.74, 6) is -0.542. The maximum atomic E-state index is 13.2. The maximum absolute atomic E-state index is 13.2. The number of hydrogen-bond donors (Lipinski definition) is 1. The first-order valence-electron chi connectivity index (χ1n) is 9.53. The molecule has 4 aromatic rings. The Morgan fingerprint density at radius 1 is 0.906 bits per heavy atom. The Balaban J connectivity index is 1.64. The van der Waals surface area contributed by atoms with Crippen LogP contribution in [0.15, 0.2) is 77.8 Å². The molecule has 1 N–H and O–H groups in total. The highest BCUT2D eigenvalue weighted by Gasteiger charge is 2.22. The number of nitrogens with zero attached hydrogens (tertiary/aromatic N) is 1. The average Bonchev–Trinajstić information content (AvgIpc) is 3.12. The molecule has 0 bridgehead atoms. The van der Waals surface area contributed by atoms with E-state index in [-0.39, 0.29) is 28.1 Å². The van der Waals surface area contributed by atoms with Gasteiger partial charge < -0.3 is 9.88 Å². The molecule has 0 radical (unpaired) electrons. The molecule has 0 atom stereocenters. The van der Waals surface area contributed by atoms with Crippen LogP contribution in [0.5, 0.6) is 0 Å². The van der Waals surface area contributed by atoms with Crippen molar-refractivity contribution in [2.75, 3.05) is 5.32 Å². The molecule has 32 heavy (non-hydrogen) atoms. The van der Waals surface area contributed by atoms with Crippen molar-refractivity contribution < 1.29 is 13.2 Å². The van der Waals surface area contributed by atoms with E-state index in [1.165, 1.54) is 6.20 Å². The zero-order chi connectivity index (χ0) is 22.9. The number of benzene rings is 3. The van der Waals surface area contributed by atoms with E-state index in [2.05, 4.69) is 5.32 Å². The lowest BCUT2D eigenvalue weighted by Crippen LogP contribution is -2.18. The van der Waals surface area contributed by atoms with Crippen molar-refractivity contribution in [2.45, 2.75) is 17.2 Å². The summed E-state index contributed by atoms with van der Waals surface area (Å²) in [6, 6.07) is 18.7. The average molecular weight is 508 g/mol. The van der Waals surface area contributed by atoms with E-state index in [0.717, 1.165) is 0 Å². The van der Waals surface area contributed by atoms with Crippen LogP contribution in [-0.4, -0.2) is 18.9 Å². The number of halogens is 3. The minimum atomic E-state index is -3.67. The maximum Gasteiger partial charge on any atom is 0.244 e. The lowest BCUT2D eigenvalue weighted by atomic mass is 10.2. The predicted molar refractivity (Wildman–Crippen MR) is 129 cm³/mol. The molecule has 1 amide bonds. The summed E-state index contributed by atoms with van der Waals surface area (Å²) >= 11 is 18.0. The molecule has 0 unspecified atom stereocenters. The molecular weight excluding hydrogens is 491 g/mol. The van der Waals surface area contributed by atoms with Gasteiger partial charge in [0.2, 0.25) is 5.91 Å². The molecule has 4 rings (SSSR count). The van der Waals surface area contributed by atoms with Gasteiger partial charge in [-0.3, -0.25) is 4.79 Å². The molecule has 1 heterocycles. The van der Waals surface area contributed by atoms with E-state index in [9.17, 15) is 13.2 Å². The fraction of sp³-hybridized carbons (Fsp3) is 0.0870. The number of hydrogen-bond acceptors (Lipinski definition) is 3. The van der Waals surface area contributed by atoms with Gasteiger partial charge in [0.15, 0.2) is 9.84 Å². The first-order valence-corrected chi connectivity index (χ1v) is 12.3. The number of para-hydroxylation sites is 1. The van der Waals surface area contributed by atoms with Gasteiger partial charge in [-0.25, -0.2) is 8.42 Å². The van der Waals surface area contributed by atoms with Crippen molar-refractivity contribution in [3.05, 3.63) is 93.6 Å². The van der Waals surface area contributed by atoms with Crippen molar-refractivity contribution in [1.82, 2.24) is 4.57 Å². The van der Waals surface area contributed by atoms with E-state index in [1.54, 1.807) is 71.3 Å². The van der Waals surface area contributed by atoms with Gasteiger partial charge in [0.1, 0.15) is 6.54 Å². The number of nitrogens with one attached hydrogen (secondary N) is 1. The van der Waals surface area contributed by atoms with Gasteiger partial charge in [0.25, 0.3) is 0 Å². The van der Waals surface area contributed by atoms with Crippen LogP contribution in [0.2, 0.25) is 15.1 Å². The topological polar surface area (TPSA) is 68.2 Å². The van der Waals surface area contributed by atoms with Crippen LogP contribution in [0, 0.1) is 0 Å². The number of carbonyl (C=O) groups is 1. The zero-order valence-corrected chi connectivity index (χ0v) is 19.6. The minimum Gasteiger partial charge on any atom is -0.337 e. The fourth-order valence-electron chi connectivity index (χ4n) is 3.41. The number of fused-ring (bicyclic) bond motifs is 1. The minimum absolute atomic E-state index is 0.0974. The Hall–Kier alpha value is -2.51. The third-order valence-electron chi connectivity index (χ3n) is 4.90. The molecule has 0 aliphatic heterocycles. The molecule has 0 spiro atoms. The van der Waals surface area contributed by atoms with Crippen LogP contribution in [0.1, 0.15) is 5.56 Å². The fourth-order valence-corrected chi connectivity index (χ4v) is 5.47. The Morgan fingerprint density at radius 2 is 1.62 bits per heavy atom. The molecule has 5 nitrogen and oxygen atoms in total. The lowest BCUT2D eigenvalue weighted by Gasteiger charge is -2.09. The summed E-state index contributed by atoms with van der Waals surface area (Å²) < 4.78 is 28.0. The van der Waals surface area contributed by atoms with E-state index >= 15 is 0 Å². The summed E-state index contributed by atoms with van der Waals surface area (Å²) in [5, 5.41) is 4.37. The van der Waals surface area contributed by atoms with Crippen LogP contribution < -0.4 is 5.32 Å². The van der Waals surface area contributed by atoms with Crippen LogP contribution in [0.3, 0.4) is 0 Å². The first kappa shape index (κ1) is 22.7. The van der Waals surface area contributed by atoms with Crippen molar-refractivity contribution >= 4 is 67.1 Å². The van der Waals surface area contributed by atoms with Crippen molar-refractivity contribution in [1.29, 1.82) is 0 Å². The standard InChI is InChI=1S/C23H17Cl3N2O3S/c24-16-10-8-15(9-11-16)14-32(30,31)21-12-28(20-7-2-1-4-17(20)21)13-22(29)27-19-6-3-5-18(25)23(19)26/h1-12H,13-14H2,(H,27,29). The number of sulfone groups is 1. The number of amides is 1. The molecule has 1 aromatic heterocycles. The molecule has 0 saturated carbocycles. The highest BCUT2D eigenvalue weighted by atomic mass is 35.5. The lowest BCUT2D eigenvalue weighted by molar-refractivity contribution is -0.116. The summed E-state index contributed by atoms with van der Waals surface area (Å²) in [7, 11) is -3.67. The van der Waals surface area contributed by atoms with E-state index in [0.29, 0.717) is 32.2 Å². The van der Waals surface area contributed by atoms with Gasteiger partial charge in [-0.1, -0.05) is 71.2 Å². The summed E-state index contributed by atoms with van der Waals surface area (Å²) in [6.45, 7) is -0.0974. The van der Waals surface area contributed by atoms with Crippen LogP contribution in [-0.2, 0) is 26.9 Å². The highest BCUT2D eigenvalue weighted by Crippen LogP contribution is 2.31. The van der Waals surface area contributed by atoms with Crippen LogP contribution >= 0.6 is 34.8 Å². The summed E-state index contributed by atoms with van der Waals surface area (Å²) in [5.41, 5.74) is 1.64. The molecule has 0 aliphatic carbocycles. The predicted octanol–water partition coefficient (Wildman–Crippen LogP) is 6.21. The van der Waals surface area contributed by atoms with Gasteiger partial charge in [0, 0.05) is 22.1 Å². The molecule has 3 aromatic carbocycles. The molecule has 0 saturated heterocycles. The third kappa shape index (κ3) is 4.79. The largest absolute Gasteiger partial charge is 0.337 e. The quantitative estimate of drug-likeness (QED) is 0.337.